The Morgan fingerprint density at radius 2 is 1.90 bits per heavy atom. The Kier molecular flexibility index (Phi) is 5.92. The summed E-state index contributed by atoms with van der Waals surface area (Å²) >= 11 is 0. The van der Waals surface area contributed by atoms with Crippen LogP contribution in [0.25, 0.3) is 0 Å². The van der Waals surface area contributed by atoms with E-state index in [0.717, 1.165) is 57.9 Å². The van der Waals surface area contributed by atoms with Crippen LogP contribution in [-0.4, -0.2) is 64.9 Å². The van der Waals surface area contributed by atoms with Gasteiger partial charge in [0.05, 0.1) is 12.4 Å². The number of anilines is 1. The smallest absolute Gasteiger partial charge is 0.274 e. The summed E-state index contributed by atoms with van der Waals surface area (Å²) in [6.45, 7) is 9.69. The first-order valence-electron chi connectivity index (χ1n) is 7.82. The van der Waals surface area contributed by atoms with Gasteiger partial charge in [-0.3, -0.25) is 9.69 Å². The average molecular weight is 291 g/mol. The van der Waals surface area contributed by atoms with Crippen LogP contribution in [0.5, 0.6) is 0 Å². The van der Waals surface area contributed by atoms with E-state index >= 15 is 0 Å². The van der Waals surface area contributed by atoms with Crippen molar-refractivity contribution in [1.29, 1.82) is 0 Å². The van der Waals surface area contributed by atoms with Crippen molar-refractivity contribution < 1.29 is 4.79 Å². The Balaban J connectivity index is 1.88. The van der Waals surface area contributed by atoms with Crippen LogP contribution < -0.4 is 5.32 Å². The van der Waals surface area contributed by atoms with E-state index in [0.29, 0.717) is 5.69 Å². The zero-order valence-corrected chi connectivity index (χ0v) is 13.0. The topological polar surface area (TPSA) is 61.4 Å². The Bertz CT molecular complexity index is 440. The fourth-order valence-corrected chi connectivity index (χ4v) is 2.44. The molecule has 1 N–H and O–H groups in total. The van der Waals surface area contributed by atoms with Gasteiger partial charge in [0.2, 0.25) is 0 Å². The highest BCUT2D eigenvalue weighted by molar-refractivity contribution is 5.92. The van der Waals surface area contributed by atoms with Gasteiger partial charge in [0.1, 0.15) is 11.5 Å². The van der Waals surface area contributed by atoms with Crippen molar-refractivity contribution >= 4 is 11.7 Å². The summed E-state index contributed by atoms with van der Waals surface area (Å²) in [5, 5.41) is 3.15. The number of amides is 1. The van der Waals surface area contributed by atoms with Gasteiger partial charge in [0.15, 0.2) is 0 Å². The second-order valence-electron chi connectivity index (χ2n) is 5.35. The molecule has 1 aliphatic heterocycles. The lowest BCUT2D eigenvalue weighted by Crippen LogP contribution is -2.48. The lowest BCUT2D eigenvalue weighted by Gasteiger charge is -2.34. The zero-order chi connectivity index (χ0) is 15.1. The second-order valence-corrected chi connectivity index (χ2v) is 5.35. The van der Waals surface area contributed by atoms with E-state index in [1.807, 2.05) is 4.90 Å². The van der Waals surface area contributed by atoms with E-state index < -0.39 is 0 Å². The van der Waals surface area contributed by atoms with Gasteiger partial charge in [-0.2, -0.15) is 0 Å². The molecule has 6 nitrogen and oxygen atoms in total. The van der Waals surface area contributed by atoms with Gasteiger partial charge in [-0.25, -0.2) is 9.97 Å². The molecule has 0 bridgehead atoms. The number of aromatic nitrogens is 2. The molecule has 2 heterocycles. The van der Waals surface area contributed by atoms with Crippen molar-refractivity contribution in [3.8, 4) is 0 Å². The fraction of sp³-hybridized carbons (Fsp3) is 0.667. The summed E-state index contributed by atoms with van der Waals surface area (Å²) < 4.78 is 0. The number of carbonyl (C=O) groups excluding carboxylic acids is 1. The molecule has 0 radical (unpaired) electrons. The lowest BCUT2D eigenvalue weighted by atomic mass is 10.2. The van der Waals surface area contributed by atoms with Crippen molar-refractivity contribution in [2.45, 2.75) is 26.7 Å². The minimum atomic E-state index is -0.0133. The van der Waals surface area contributed by atoms with Crippen LogP contribution in [0.4, 0.5) is 5.82 Å². The van der Waals surface area contributed by atoms with E-state index in [-0.39, 0.29) is 5.91 Å². The average Bonchev–Trinajstić information content (AvgIpc) is 2.54. The lowest BCUT2D eigenvalue weighted by molar-refractivity contribution is 0.0631. The molecule has 0 atom stereocenters. The summed E-state index contributed by atoms with van der Waals surface area (Å²) in [5.74, 6) is 0.710. The summed E-state index contributed by atoms with van der Waals surface area (Å²) in [4.78, 5) is 25.1. The van der Waals surface area contributed by atoms with Crippen LogP contribution in [0.15, 0.2) is 12.4 Å². The Hall–Kier alpha value is -1.69. The van der Waals surface area contributed by atoms with Gasteiger partial charge in [0.25, 0.3) is 5.91 Å². The Morgan fingerprint density at radius 1 is 1.14 bits per heavy atom. The standard InChI is InChI=1S/C15H25N5O/c1-3-5-16-14-12-17-13(11-18-14)15(21)20-9-7-19(6-4-2)8-10-20/h11-12H,3-10H2,1-2H3,(H,16,18). The van der Waals surface area contributed by atoms with Crippen LogP contribution in [0.1, 0.15) is 37.2 Å². The largest absolute Gasteiger partial charge is 0.369 e. The monoisotopic (exact) mass is 291 g/mol. The van der Waals surface area contributed by atoms with Crippen LogP contribution in [0.2, 0.25) is 0 Å². The first-order chi connectivity index (χ1) is 10.2. The number of nitrogens with one attached hydrogen (secondary N) is 1. The third-order valence-corrected chi connectivity index (χ3v) is 3.63. The summed E-state index contributed by atoms with van der Waals surface area (Å²) in [6, 6.07) is 0. The molecule has 0 aromatic carbocycles. The predicted molar refractivity (Wildman–Crippen MR) is 83.4 cm³/mol. The van der Waals surface area contributed by atoms with Crippen LogP contribution in [0, 0.1) is 0 Å². The molecule has 1 aromatic rings. The highest BCUT2D eigenvalue weighted by atomic mass is 16.2. The molecule has 0 saturated carbocycles. The molecule has 116 valence electrons. The molecule has 1 aromatic heterocycles. The van der Waals surface area contributed by atoms with E-state index in [4.69, 9.17) is 0 Å². The van der Waals surface area contributed by atoms with Gasteiger partial charge in [0, 0.05) is 32.7 Å². The van der Waals surface area contributed by atoms with Gasteiger partial charge < -0.3 is 10.2 Å². The molecule has 2 rings (SSSR count). The van der Waals surface area contributed by atoms with Crippen molar-refractivity contribution in [1.82, 2.24) is 19.8 Å². The SMILES string of the molecule is CCCNc1cnc(C(=O)N2CCN(CCC)CC2)cn1. The summed E-state index contributed by atoms with van der Waals surface area (Å²) in [6.07, 6.45) is 5.39. The van der Waals surface area contributed by atoms with Gasteiger partial charge in [-0.1, -0.05) is 13.8 Å². The van der Waals surface area contributed by atoms with Crippen molar-refractivity contribution in [2.75, 3.05) is 44.6 Å². The highest BCUT2D eigenvalue weighted by Crippen LogP contribution is 2.08. The highest BCUT2D eigenvalue weighted by Gasteiger charge is 2.22. The Labute approximate surface area is 126 Å². The van der Waals surface area contributed by atoms with Crippen LogP contribution in [0.3, 0.4) is 0 Å². The molecular weight excluding hydrogens is 266 g/mol. The number of carbonyl (C=O) groups is 1. The quantitative estimate of drug-likeness (QED) is 0.860. The molecular formula is C15H25N5O. The Morgan fingerprint density at radius 3 is 2.48 bits per heavy atom. The first kappa shape index (κ1) is 15.7. The molecule has 1 saturated heterocycles. The van der Waals surface area contributed by atoms with Gasteiger partial charge in [-0.15, -0.1) is 0 Å². The molecule has 0 aliphatic carbocycles. The first-order valence-corrected chi connectivity index (χ1v) is 7.82. The third kappa shape index (κ3) is 4.39. The minimum Gasteiger partial charge on any atom is -0.369 e. The summed E-state index contributed by atoms with van der Waals surface area (Å²) in [7, 11) is 0. The van der Waals surface area contributed by atoms with Crippen molar-refractivity contribution in [2.24, 2.45) is 0 Å². The number of rotatable bonds is 6. The molecule has 1 amide bonds. The third-order valence-electron chi connectivity index (χ3n) is 3.63. The predicted octanol–water partition coefficient (Wildman–Crippen LogP) is 1.47. The molecule has 0 spiro atoms. The fourth-order valence-electron chi connectivity index (χ4n) is 2.44. The second kappa shape index (κ2) is 7.93. The molecule has 1 aliphatic rings. The van der Waals surface area contributed by atoms with E-state index in [1.165, 1.54) is 0 Å². The molecule has 1 fully saturated rings. The van der Waals surface area contributed by atoms with Gasteiger partial charge >= 0.3 is 0 Å². The minimum absolute atomic E-state index is 0.0133. The van der Waals surface area contributed by atoms with Gasteiger partial charge in [-0.05, 0) is 19.4 Å². The van der Waals surface area contributed by atoms with Crippen LogP contribution >= 0.6 is 0 Å². The van der Waals surface area contributed by atoms with E-state index in [9.17, 15) is 4.79 Å². The maximum absolute atomic E-state index is 12.4. The molecule has 0 unspecified atom stereocenters. The summed E-state index contributed by atoms with van der Waals surface area (Å²) in [5.41, 5.74) is 0.431. The number of piperazine rings is 1. The maximum Gasteiger partial charge on any atom is 0.274 e. The van der Waals surface area contributed by atoms with Crippen molar-refractivity contribution in [3.63, 3.8) is 0 Å². The van der Waals surface area contributed by atoms with E-state index in [2.05, 4.69) is 34.0 Å². The molecule has 21 heavy (non-hydrogen) atoms. The number of hydrogen-bond acceptors (Lipinski definition) is 5. The molecule has 6 heteroatoms. The maximum atomic E-state index is 12.4. The van der Waals surface area contributed by atoms with Crippen molar-refractivity contribution in [3.05, 3.63) is 18.1 Å². The normalized spacial score (nSPS) is 16.0. The number of hydrogen-bond donors (Lipinski definition) is 1. The van der Waals surface area contributed by atoms with E-state index in [1.54, 1.807) is 12.4 Å². The number of nitrogens with zero attached hydrogens (tertiary/aromatic N) is 4. The van der Waals surface area contributed by atoms with Crippen LogP contribution in [-0.2, 0) is 0 Å². The zero-order valence-electron chi connectivity index (χ0n) is 13.0.